The fraction of sp³-hybridized carbons (Fsp3) is 0.619. The molecule has 154 valence electrons. The monoisotopic (exact) mass is 390 g/mol. The standard InChI is InChI=1S/C21H30N2O5/c1-14(2)18(23-20(25)26-3)19(24)22-13-21(8-4-5-9-21)15-6-7-16-17(12-15)28-11-10-27-16/h6-7,12,14,18H,4-5,8-11,13H2,1-3H3,(H,22,24)(H,23,25)/t18-/m0/s1. The maximum atomic E-state index is 12.8. The number of ether oxygens (including phenoxy) is 3. The van der Waals surface area contributed by atoms with Crippen LogP contribution in [-0.2, 0) is 14.9 Å². The predicted octanol–water partition coefficient (Wildman–Crippen LogP) is 2.77. The lowest BCUT2D eigenvalue weighted by Crippen LogP contribution is -2.52. The Hall–Kier alpha value is -2.44. The van der Waals surface area contributed by atoms with Crippen LogP contribution in [0.2, 0.25) is 0 Å². The second-order valence-electron chi connectivity index (χ2n) is 7.92. The summed E-state index contributed by atoms with van der Waals surface area (Å²) in [5.74, 6) is 1.31. The van der Waals surface area contributed by atoms with E-state index in [9.17, 15) is 9.59 Å². The Morgan fingerprint density at radius 1 is 1.14 bits per heavy atom. The highest BCUT2D eigenvalue weighted by Crippen LogP contribution is 2.43. The number of carbonyl (C=O) groups excluding carboxylic acids is 2. The van der Waals surface area contributed by atoms with Gasteiger partial charge < -0.3 is 24.8 Å². The van der Waals surface area contributed by atoms with Crippen LogP contribution in [0.5, 0.6) is 11.5 Å². The van der Waals surface area contributed by atoms with Crippen LogP contribution in [0.1, 0.15) is 45.1 Å². The van der Waals surface area contributed by atoms with Gasteiger partial charge in [0.1, 0.15) is 19.3 Å². The second-order valence-corrected chi connectivity index (χ2v) is 7.92. The Morgan fingerprint density at radius 2 is 1.82 bits per heavy atom. The SMILES string of the molecule is COC(=O)N[C@H](C(=O)NCC1(c2ccc3c(c2)OCCO3)CCCC1)C(C)C. The van der Waals surface area contributed by atoms with Gasteiger partial charge in [0.25, 0.3) is 0 Å². The third kappa shape index (κ3) is 4.34. The van der Waals surface area contributed by atoms with Crippen molar-refractivity contribution in [2.75, 3.05) is 26.9 Å². The fourth-order valence-electron chi connectivity index (χ4n) is 4.08. The first-order chi connectivity index (χ1) is 13.4. The lowest BCUT2D eigenvalue weighted by Gasteiger charge is -2.32. The summed E-state index contributed by atoms with van der Waals surface area (Å²) in [6.07, 6.45) is 3.65. The molecule has 1 heterocycles. The molecule has 1 atom stereocenters. The van der Waals surface area contributed by atoms with Crippen molar-refractivity contribution < 1.29 is 23.8 Å². The second kappa shape index (κ2) is 8.71. The van der Waals surface area contributed by atoms with E-state index in [0.29, 0.717) is 19.8 Å². The minimum Gasteiger partial charge on any atom is -0.486 e. The number of benzene rings is 1. The number of carbonyl (C=O) groups is 2. The average molecular weight is 390 g/mol. The van der Waals surface area contributed by atoms with E-state index in [2.05, 4.69) is 27.5 Å². The minimum absolute atomic E-state index is 0.0482. The fourth-order valence-corrected chi connectivity index (χ4v) is 4.08. The van der Waals surface area contributed by atoms with Crippen LogP contribution >= 0.6 is 0 Å². The van der Waals surface area contributed by atoms with Crippen molar-refractivity contribution in [3.8, 4) is 11.5 Å². The summed E-state index contributed by atoms with van der Waals surface area (Å²) in [6, 6.07) is 5.46. The number of rotatable bonds is 6. The molecule has 7 heteroatoms. The largest absolute Gasteiger partial charge is 0.486 e. The molecule has 2 amide bonds. The maximum Gasteiger partial charge on any atom is 0.407 e. The van der Waals surface area contributed by atoms with Crippen molar-refractivity contribution in [3.63, 3.8) is 0 Å². The molecular weight excluding hydrogens is 360 g/mol. The molecule has 0 saturated heterocycles. The molecule has 1 aliphatic heterocycles. The van der Waals surface area contributed by atoms with Crippen molar-refractivity contribution in [3.05, 3.63) is 23.8 Å². The maximum absolute atomic E-state index is 12.8. The van der Waals surface area contributed by atoms with E-state index in [-0.39, 0.29) is 17.2 Å². The molecule has 2 N–H and O–H groups in total. The third-order valence-corrected chi connectivity index (χ3v) is 5.72. The van der Waals surface area contributed by atoms with Crippen molar-refractivity contribution >= 4 is 12.0 Å². The molecule has 7 nitrogen and oxygen atoms in total. The smallest absolute Gasteiger partial charge is 0.407 e. The Kier molecular flexibility index (Phi) is 6.31. The number of nitrogens with one attached hydrogen (secondary N) is 2. The summed E-state index contributed by atoms with van der Waals surface area (Å²) in [4.78, 5) is 24.3. The molecule has 3 rings (SSSR count). The minimum atomic E-state index is -0.633. The highest BCUT2D eigenvalue weighted by molar-refractivity contribution is 5.85. The molecule has 0 bridgehead atoms. The molecule has 0 radical (unpaired) electrons. The average Bonchev–Trinajstić information content (AvgIpc) is 3.19. The number of fused-ring (bicyclic) bond motifs is 1. The van der Waals surface area contributed by atoms with E-state index in [1.807, 2.05) is 19.9 Å². The lowest BCUT2D eigenvalue weighted by molar-refractivity contribution is -0.124. The van der Waals surface area contributed by atoms with Crippen LogP contribution in [0, 0.1) is 5.92 Å². The number of alkyl carbamates (subject to hydrolysis) is 1. The lowest BCUT2D eigenvalue weighted by atomic mass is 9.78. The Bertz CT molecular complexity index is 713. The summed E-state index contributed by atoms with van der Waals surface area (Å²) in [6.45, 7) is 5.43. The topological polar surface area (TPSA) is 85.9 Å². The molecule has 1 saturated carbocycles. The molecule has 1 aromatic rings. The molecule has 0 unspecified atom stereocenters. The Balaban J connectivity index is 1.74. The zero-order valence-electron chi connectivity index (χ0n) is 16.9. The molecule has 1 aliphatic carbocycles. The van der Waals surface area contributed by atoms with Gasteiger partial charge in [-0.15, -0.1) is 0 Å². The van der Waals surface area contributed by atoms with Gasteiger partial charge in [0.2, 0.25) is 5.91 Å². The number of hydrogen-bond acceptors (Lipinski definition) is 5. The molecule has 1 fully saturated rings. The van der Waals surface area contributed by atoms with E-state index in [1.54, 1.807) is 0 Å². The normalized spacial score (nSPS) is 18.4. The van der Waals surface area contributed by atoms with E-state index in [1.165, 1.54) is 7.11 Å². The van der Waals surface area contributed by atoms with Gasteiger partial charge in [0, 0.05) is 12.0 Å². The van der Waals surface area contributed by atoms with Crippen LogP contribution in [0.3, 0.4) is 0 Å². The van der Waals surface area contributed by atoms with Crippen LogP contribution < -0.4 is 20.1 Å². The number of amides is 2. The van der Waals surface area contributed by atoms with Gasteiger partial charge in [-0.1, -0.05) is 32.8 Å². The van der Waals surface area contributed by atoms with Crippen molar-refractivity contribution in [1.29, 1.82) is 0 Å². The van der Waals surface area contributed by atoms with Crippen molar-refractivity contribution in [2.24, 2.45) is 5.92 Å². The van der Waals surface area contributed by atoms with Gasteiger partial charge in [0.05, 0.1) is 7.11 Å². The number of hydrogen-bond donors (Lipinski definition) is 2. The first kappa shape index (κ1) is 20.3. The first-order valence-electron chi connectivity index (χ1n) is 9.97. The zero-order valence-corrected chi connectivity index (χ0v) is 16.9. The summed E-state index contributed by atoms with van der Waals surface area (Å²) in [7, 11) is 1.29. The molecule has 0 aromatic heterocycles. The van der Waals surface area contributed by atoms with Crippen molar-refractivity contribution in [2.45, 2.75) is 51.0 Å². The van der Waals surface area contributed by atoms with Gasteiger partial charge >= 0.3 is 6.09 Å². The summed E-state index contributed by atoms with van der Waals surface area (Å²) in [5, 5.41) is 5.70. The van der Waals surface area contributed by atoms with Gasteiger partial charge in [-0.25, -0.2) is 4.79 Å². The molecule has 2 aliphatic rings. The van der Waals surface area contributed by atoms with Gasteiger partial charge in [-0.2, -0.15) is 0 Å². The van der Waals surface area contributed by atoms with E-state index in [0.717, 1.165) is 42.7 Å². The molecule has 1 aromatic carbocycles. The van der Waals surface area contributed by atoms with Crippen LogP contribution in [0.4, 0.5) is 4.79 Å². The quantitative estimate of drug-likeness (QED) is 0.780. The Labute approximate surface area is 166 Å². The molecule has 28 heavy (non-hydrogen) atoms. The number of methoxy groups -OCH3 is 1. The van der Waals surface area contributed by atoms with E-state index in [4.69, 9.17) is 9.47 Å². The molecular formula is C21H30N2O5. The first-order valence-corrected chi connectivity index (χ1v) is 9.97. The van der Waals surface area contributed by atoms with Gasteiger partial charge in [0.15, 0.2) is 11.5 Å². The summed E-state index contributed by atoms with van der Waals surface area (Å²) >= 11 is 0. The van der Waals surface area contributed by atoms with E-state index < -0.39 is 12.1 Å². The van der Waals surface area contributed by atoms with Crippen LogP contribution in [0.15, 0.2) is 18.2 Å². The van der Waals surface area contributed by atoms with Gasteiger partial charge in [-0.05, 0) is 36.5 Å². The van der Waals surface area contributed by atoms with E-state index >= 15 is 0 Å². The van der Waals surface area contributed by atoms with Crippen LogP contribution in [-0.4, -0.2) is 44.9 Å². The zero-order chi connectivity index (χ0) is 20.1. The van der Waals surface area contributed by atoms with Gasteiger partial charge in [-0.3, -0.25) is 4.79 Å². The highest BCUT2D eigenvalue weighted by Gasteiger charge is 2.37. The van der Waals surface area contributed by atoms with Crippen LogP contribution in [0.25, 0.3) is 0 Å². The molecule has 0 spiro atoms. The third-order valence-electron chi connectivity index (χ3n) is 5.72. The summed E-state index contributed by atoms with van der Waals surface area (Å²) < 4.78 is 16.0. The highest BCUT2D eigenvalue weighted by atomic mass is 16.6. The van der Waals surface area contributed by atoms with Crippen molar-refractivity contribution in [1.82, 2.24) is 10.6 Å². The Morgan fingerprint density at radius 3 is 2.46 bits per heavy atom. The predicted molar refractivity (Wildman–Crippen MR) is 105 cm³/mol. The summed E-state index contributed by atoms with van der Waals surface area (Å²) in [5.41, 5.74) is 1.04.